The summed E-state index contributed by atoms with van der Waals surface area (Å²) in [5, 5.41) is 0. The van der Waals surface area contributed by atoms with Crippen molar-refractivity contribution in [1.29, 1.82) is 0 Å². The molecule has 2 atom stereocenters. The molecule has 1 aliphatic rings. The van der Waals surface area contributed by atoms with Crippen LogP contribution >= 0.6 is 0 Å². The molecular formula is C13H25NO4. The predicted octanol–water partition coefficient (Wildman–Crippen LogP) is 1.24. The van der Waals surface area contributed by atoms with Crippen LogP contribution in [0.5, 0.6) is 0 Å². The maximum absolute atomic E-state index is 11.3. The smallest absolute Gasteiger partial charge is 0.325 e. The lowest BCUT2D eigenvalue weighted by Crippen LogP contribution is -2.45. The Balaban J connectivity index is 1.99. The Kier molecular flexibility index (Phi) is 6.60. The van der Waals surface area contributed by atoms with E-state index in [0.717, 1.165) is 32.3 Å². The maximum atomic E-state index is 11.3. The molecule has 0 aromatic heterocycles. The van der Waals surface area contributed by atoms with Crippen molar-refractivity contribution in [3.8, 4) is 0 Å². The van der Waals surface area contributed by atoms with E-state index in [1.54, 1.807) is 6.92 Å². The molecule has 1 heterocycles. The Morgan fingerprint density at radius 3 is 2.89 bits per heavy atom. The molecule has 0 aromatic rings. The van der Waals surface area contributed by atoms with E-state index in [9.17, 15) is 4.79 Å². The van der Waals surface area contributed by atoms with Crippen molar-refractivity contribution in [3.05, 3.63) is 0 Å². The van der Waals surface area contributed by atoms with Crippen LogP contribution in [0.15, 0.2) is 0 Å². The van der Waals surface area contributed by atoms with E-state index >= 15 is 0 Å². The lowest BCUT2D eigenvalue weighted by Gasteiger charge is -2.21. The first-order valence-electron chi connectivity index (χ1n) is 6.63. The van der Waals surface area contributed by atoms with E-state index in [1.807, 2.05) is 0 Å². The number of carbonyl (C=O) groups excluding carboxylic acids is 1. The fourth-order valence-corrected chi connectivity index (χ4v) is 2.02. The highest BCUT2D eigenvalue weighted by molar-refractivity contribution is 5.79. The van der Waals surface area contributed by atoms with Gasteiger partial charge in [-0.1, -0.05) is 0 Å². The van der Waals surface area contributed by atoms with Crippen molar-refractivity contribution in [1.82, 2.24) is 0 Å². The number of rotatable bonds is 8. The average Bonchev–Trinajstić information content (AvgIpc) is 2.85. The molecule has 106 valence electrons. The number of methoxy groups -OCH3 is 1. The standard InChI is InChI=1S/C13H25NO4/c1-13(14,12(15)16-2)7-3-4-8-17-10-11-6-5-9-18-11/h11H,3-10,14H2,1-2H3. The van der Waals surface area contributed by atoms with Gasteiger partial charge in [0.05, 0.1) is 19.8 Å². The van der Waals surface area contributed by atoms with Crippen molar-refractivity contribution in [2.75, 3.05) is 26.9 Å². The highest BCUT2D eigenvalue weighted by Gasteiger charge is 2.28. The molecule has 0 saturated carbocycles. The summed E-state index contributed by atoms with van der Waals surface area (Å²) in [6.07, 6.45) is 4.88. The lowest BCUT2D eigenvalue weighted by atomic mass is 9.96. The number of unbranched alkanes of at least 4 members (excludes halogenated alkanes) is 1. The number of carbonyl (C=O) groups is 1. The number of hydrogen-bond donors (Lipinski definition) is 1. The first-order valence-corrected chi connectivity index (χ1v) is 6.63. The monoisotopic (exact) mass is 259 g/mol. The highest BCUT2D eigenvalue weighted by atomic mass is 16.5. The minimum absolute atomic E-state index is 0.278. The molecule has 0 aromatic carbocycles. The molecule has 0 bridgehead atoms. The first-order chi connectivity index (χ1) is 8.56. The molecule has 0 spiro atoms. The van der Waals surface area contributed by atoms with Gasteiger partial charge in [-0.05, 0) is 39.0 Å². The Bertz CT molecular complexity index is 249. The van der Waals surface area contributed by atoms with E-state index in [1.165, 1.54) is 7.11 Å². The second-order valence-corrected chi connectivity index (χ2v) is 5.08. The van der Waals surface area contributed by atoms with Gasteiger partial charge in [0.15, 0.2) is 0 Å². The summed E-state index contributed by atoms with van der Waals surface area (Å²) in [4.78, 5) is 11.3. The molecule has 18 heavy (non-hydrogen) atoms. The number of ether oxygens (including phenoxy) is 3. The van der Waals surface area contributed by atoms with Crippen molar-refractivity contribution in [3.63, 3.8) is 0 Å². The normalized spacial score (nSPS) is 22.7. The number of nitrogens with two attached hydrogens (primary N) is 1. The summed E-state index contributed by atoms with van der Waals surface area (Å²) in [5.41, 5.74) is 4.96. The van der Waals surface area contributed by atoms with Crippen LogP contribution in [0.3, 0.4) is 0 Å². The third-order valence-corrected chi connectivity index (χ3v) is 3.21. The minimum atomic E-state index is -0.886. The molecule has 2 N–H and O–H groups in total. The zero-order valence-corrected chi connectivity index (χ0v) is 11.4. The lowest BCUT2D eigenvalue weighted by molar-refractivity contribution is -0.146. The van der Waals surface area contributed by atoms with Gasteiger partial charge in [-0.25, -0.2) is 0 Å². The third kappa shape index (κ3) is 5.33. The summed E-state index contributed by atoms with van der Waals surface area (Å²) in [7, 11) is 1.36. The molecule has 1 rings (SSSR count). The summed E-state index contributed by atoms with van der Waals surface area (Å²) >= 11 is 0. The van der Waals surface area contributed by atoms with Crippen LogP contribution in [0.1, 0.15) is 39.0 Å². The molecular weight excluding hydrogens is 234 g/mol. The summed E-state index contributed by atoms with van der Waals surface area (Å²) < 4.78 is 15.6. The molecule has 0 amide bonds. The second-order valence-electron chi connectivity index (χ2n) is 5.08. The molecule has 0 radical (unpaired) electrons. The summed E-state index contributed by atoms with van der Waals surface area (Å²) in [5.74, 6) is -0.359. The molecule has 1 aliphatic heterocycles. The highest BCUT2D eigenvalue weighted by Crippen LogP contribution is 2.14. The maximum Gasteiger partial charge on any atom is 0.325 e. The van der Waals surface area contributed by atoms with Crippen molar-refractivity contribution >= 4 is 5.97 Å². The molecule has 1 fully saturated rings. The fourth-order valence-electron chi connectivity index (χ4n) is 2.02. The molecule has 1 saturated heterocycles. The Labute approximate surface area is 109 Å². The second kappa shape index (κ2) is 7.71. The van der Waals surface area contributed by atoms with Gasteiger partial charge in [-0.2, -0.15) is 0 Å². The van der Waals surface area contributed by atoms with E-state index < -0.39 is 5.54 Å². The van der Waals surface area contributed by atoms with Crippen molar-refractivity contribution < 1.29 is 19.0 Å². The van der Waals surface area contributed by atoms with Gasteiger partial charge in [-0.3, -0.25) is 4.79 Å². The summed E-state index contributed by atoms with van der Waals surface area (Å²) in [6, 6.07) is 0. The molecule has 5 nitrogen and oxygen atoms in total. The number of hydrogen-bond acceptors (Lipinski definition) is 5. The van der Waals surface area contributed by atoms with E-state index in [2.05, 4.69) is 4.74 Å². The van der Waals surface area contributed by atoms with E-state index in [4.69, 9.17) is 15.2 Å². The van der Waals surface area contributed by atoms with Crippen LogP contribution in [-0.4, -0.2) is 44.5 Å². The largest absolute Gasteiger partial charge is 0.468 e. The van der Waals surface area contributed by atoms with E-state index in [0.29, 0.717) is 19.6 Å². The Morgan fingerprint density at radius 1 is 1.50 bits per heavy atom. The minimum Gasteiger partial charge on any atom is -0.468 e. The van der Waals surface area contributed by atoms with Crippen LogP contribution in [0, 0.1) is 0 Å². The quantitative estimate of drug-likeness (QED) is 0.524. The molecule has 2 unspecified atom stereocenters. The zero-order chi connectivity index (χ0) is 13.4. The molecule has 0 aliphatic carbocycles. The van der Waals surface area contributed by atoms with E-state index in [-0.39, 0.29) is 12.1 Å². The topological polar surface area (TPSA) is 70.8 Å². The fraction of sp³-hybridized carbons (Fsp3) is 0.923. The van der Waals surface area contributed by atoms with Gasteiger partial charge in [0, 0.05) is 13.2 Å². The van der Waals surface area contributed by atoms with Crippen LogP contribution in [0.4, 0.5) is 0 Å². The Morgan fingerprint density at radius 2 is 2.28 bits per heavy atom. The van der Waals surface area contributed by atoms with Gasteiger partial charge in [0.25, 0.3) is 0 Å². The van der Waals surface area contributed by atoms with Crippen molar-refractivity contribution in [2.24, 2.45) is 5.73 Å². The number of esters is 1. The average molecular weight is 259 g/mol. The van der Waals surface area contributed by atoms with Gasteiger partial charge in [0.2, 0.25) is 0 Å². The van der Waals surface area contributed by atoms with Crippen LogP contribution < -0.4 is 5.73 Å². The zero-order valence-electron chi connectivity index (χ0n) is 11.4. The van der Waals surface area contributed by atoms with Gasteiger partial charge in [-0.15, -0.1) is 0 Å². The molecule has 5 heteroatoms. The van der Waals surface area contributed by atoms with Crippen LogP contribution in [-0.2, 0) is 19.0 Å². The van der Waals surface area contributed by atoms with Crippen LogP contribution in [0.25, 0.3) is 0 Å². The Hall–Kier alpha value is -0.650. The van der Waals surface area contributed by atoms with Gasteiger partial charge in [0.1, 0.15) is 5.54 Å². The SMILES string of the molecule is COC(=O)C(C)(N)CCCCOCC1CCCO1. The predicted molar refractivity (Wildman–Crippen MR) is 68.3 cm³/mol. The van der Waals surface area contributed by atoms with Crippen molar-refractivity contribution in [2.45, 2.75) is 50.7 Å². The van der Waals surface area contributed by atoms with Crippen LogP contribution in [0.2, 0.25) is 0 Å². The van der Waals surface area contributed by atoms with Gasteiger partial charge < -0.3 is 19.9 Å². The first kappa shape index (κ1) is 15.4. The summed E-state index contributed by atoms with van der Waals surface area (Å²) in [6.45, 7) is 3.93. The van der Waals surface area contributed by atoms with Gasteiger partial charge >= 0.3 is 5.97 Å². The third-order valence-electron chi connectivity index (χ3n) is 3.21.